The Morgan fingerprint density at radius 3 is 2.56 bits per heavy atom. The van der Waals surface area contributed by atoms with Crippen molar-refractivity contribution in [1.82, 2.24) is 20.2 Å². The molecule has 0 saturated carbocycles. The first-order valence-corrected chi connectivity index (χ1v) is 5.04. The van der Waals surface area contributed by atoms with Crippen molar-refractivity contribution in [2.24, 2.45) is 0 Å². The summed E-state index contributed by atoms with van der Waals surface area (Å²) in [4.78, 5) is 7.60. The largest absolute Gasteiger partial charge is 0.343 e. The second kappa shape index (κ2) is 3.66. The van der Waals surface area contributed by atoms with Crippen LogP contribution in [0, 0.1) is 0 Å². The molecule has 0 aliphatic rings. The maximum absolute atomic E-state index is 4.48. The number of aromatic nitrogens is 4. The van der Waals surface area contributed by atoms with Crippen LogP contribution in [0.3, 0.4) is 0 Å². The number of aromatic amines is 2. The predicted molar refractivity (Wildman–Crippen MR) is 61.6 cm³/mol. The van der Waals surface area contributed by atoms with Crippen molar-refractivity contribution in [3.63, 3.8) is 0 Å². The van der Waals surface area contributed by atoms with E-state index in [0.717, 1.165) is 22.8 Å². The summed E-state index contributed by atoms with van der Waals surface area (Å²) < 4.78 is 0. The second-order valence-electron chi connectivity index (χ2n) is 3.46. The van der Waals surface area contributed by atoms with Crippen molar-refractivity contribution < 1.29 is 0 Å². The number of hydrogen-bond acceptors (Lipinski definition) is 2. The van der Waals surface area contributed by atoms with Gasteiger partial charge in [-0.05, 0) is 6.07 Å². The maximum Gasteiger partial charge on any atom is 0.158 e. The van der Waals surface area contributed by atoms with Crippen molar-refractivity contribution in [1.29, 1.82) is 0 Å². The third-order valence-corrected chi connectivity index (χ3v) is 2.39. The molecule has 2 heterocycles. The van der Waals surface area contributed by atoms with Gasteiger partial charge < -0.3 is 4.98 Å². The molecule has 0 spiro atoms. The third-order valence-electron chi connectivity index (χ3n) is 2.39. The summed E-state index contributed by atoms with van der Waals surface area (Å²) in [7, 11) is 0. The Morgan fingerprint density at radius 1 is 0.938 bits per heavy atom. The van der Waals surface area contributed by atoms with Crippen LogP contribution in [0.2, 0.25) is 0 Å². The predicted octanol–water partition coefficient (Wildman–Crippen LogP) is 2.47. The Morgan fingerprint density at radius 2 is 1.81 bits per heavy atom. The quantitative estimate of drug-likeness (QED) is 0.682. The molecule has 2 aromatic heterocycles. The number of nitrogens with zero attached hydrogens (tertiary/aromatic N) is 2. The molecule has 78 valence electrons. The fourth-order valence-corrected chi connectivity index (χ4v) is 1.60. The lowest BCUT2D eigenvalue weighted by atomic mass is 10.2. The minimum atomic E-state index is 0.778. The lowest BCUT2D eigenvalue weighted by Gasteiger charge is -1.93. The fraction of sp³-hybridized carbons (Fsp3) is 0. The highest BCUT2D eigenvalue weighted by atomic mass is 15.1. The van der Waals surface area contributed by atoms with Crippen LogP contribution in [0.5, 0.6) is 0 Å². The van der Waals surface area contributed by atoms with Gasteiger partial charge in [-0.3, -0.25) is 5.10 Å². The summed E-state index contributed by atoms with van der Waals surface area (Å²) in [6.45, 7) is 0. The molecule has 0 saturated heterocycles. The van der Waals surface area contributed by atoms with Crippen LogP contribution in [0.15, 0.2) is 48.8 Å². The van der Waals surface area contributed by atoms with E-state index >= 15 is 0 Å². The molecule has 3 rings (SSSR count). The third kappa shape index (κ3) is 1.50. The summed E-state index contributed by atoms with van der Waals surface area (Å²) in [6, 6.07) is 11.9. The van der Waals surface area contributed by atoms with Gasteiger partial charge in [-0.25, -0.2) is 4.98 Å². The lowest BCUT2D eigenvalue weighted by molar-refractivity contribution is 1.08. The van der Waals surface area contributed by atoms with Crippen LogP contribution in [0.25, 0.3) is 22.8 Å². The van der Waals surface area contributed by atoms with Gasteiger partial charge >= 0.3 is 0 Å². The molecule has 0 aliphatic carbocycles. The van der Waals surface area contributed by atoms with Crippen LogP contribution in [0.1, 0.15) is 0 Å². The number of nitrogens with one attached hydrogen (secondary N) is 2. The van der Waals surface area contributed by atoms with Gasteiger partial charge in [0.05, 0.1) is 5.69 Å². The van der Waals surface area contributed by atoms with Gasteiger partial charge in [-0.1, -0.05) is 30.3 Å². The number of rotatable bonds is 2. The lowest BCUT2D eigenvalue weighted by Crippen LogP contribution is -1.81. The molecule has 0 radical (unpaired) electrons. The van der Waals surface area contributed by atoms with Crippen molar-refractivity contribution in [2.45, 2.75) is 0 Å². The monoisotopic (exact) mass is 210 g/mol. The van der Waals surface area contributed by atoms with E-state index in [-0.39, 0.29) is 0 Å². The van der Waals surface area contributed by atoms with E-state index in [1.807, 2.05) is 42.6 Å². The molecule has 4 nitrogen and oxygen atoms in total. The summed E-state index contributed by atoms with van der Waals surface area (Å²) in [5.41, 5.74) is 2.85. The molecule has 16 heavy (non-hydrogen) atoms. The van der Waals surface area contributed by atoms with Crippen LogP contribution in [0.4, 0.5) is 0 Å². The molecule has 4 heteroatoms. The van der Waals surface area contributed by atoms with Crippen molar-refractivity contribution in [3.8, 4) is 22.8 Å². The highest BCUT2D eigenvalue weighted by Gasteiger charge is 2.06. The molecule has 0 aliphatic heterocycles. The minimum absolute atomic E-state index is 0.778. The number of imidazole rings is 1. The zero-order valence-corrected chi connectivity index (χ0v) is 8.51. The Labute approximate surface area is 92.4 Å². The van der Waals surface area contributed by atoms with Crippen LogP contribution >= 0.6 is 0 Å². The van der Waals surface area contributed by atoms with Crippen molar-refractivity contribution >= 4 is 0 Å². The molecule has 0 amide bonds. The van der Waals surface area contributed by atoms with Gasteiger partial charge in [-0.15, -0.1) is 0 Å². The van der Waals surface area contributed by atoms with Crippen molar-refractivity contribution in [2.75, 3.05) is 0 Å². The highest BCUT2D eigenvalue weighted by molar-refractivity contribution is 5.62. The Balaban J connectivity index is 2.00. The maximum atomic E-state index is 4.48. The van der Waals surface area contributed by atoms with E-state index in [4.69, 9.17) is 0 Å². The smallest absolute Gasteiger partial charge is 0.158 e. The molecule has 0 atom stereocenters. The molecule has 2 N–H and O–H groups in total. The van der Waals surface area contributed by atoms with E-state index in [9.17, 15) is 0 Å². The van der Waals surface area contributed by atoms with Crippen LogP contribution in [-0.2, 0) is 0 Å². The van der Waals surface area contributed by atoms with E-state index in [2.05, 4.69) is 20.2 Å². The Bertz CT molecular complexity index is 566. The average molecular weight is 210 g/mol. The van der Waals surface area contributed by atoms with Gasteiger partial charge in [-0.2, -0.15) is 5.10 Å². The molecule has 0 bridgehead atoms. The Kier molecular flexibility index (Phi) is 2.04. The second-order valence-corrected chi connectivity index (χ2v) is 3.46. The van der Waals surface area contributed by atoms with Gasteiger partial charge in [0.1, 0.15) is 5.69 Å². The topological polar surface area (TPSA) is 57.4 Å². The van der Waals surface area contributed by atoms with E-state index in [1.54, 1.807) is 6.20 Å². The number of H-pyrrole nitrogens is 2. The molecule has 0 unspecified atom stereocenters. The number of hydrogen-bond donors (Lipinski definition) is 2. The molecule has 1 aromatic carbocycles. The first kappa shape index (κ1) is 8.91. The van der Waals surface area contributed by atoms with Gasteiger partial charge in [0, 0.05) is 18.0 Å². The van der Waals surface area contributed by atoms with E-state index < -0.39 is 0 Å². The van der Waals surface area contributed by atoms with Gasteiger partial charge in [0.25, 0.3) is 0 Å². The van der Waals surface area contributed by atoms with E-state index in [1.165, 1.54) is 0 Å². The number of benzene rings is 1. The zero-order valence-electron chi connectivity index (χ0n) is 8.51. The van der Waals surface area contributed by atoms with Gasteiger partial charge in [0.15, 0.2) is 5.82 Å². The van der Waals surface area contributed by atoms with Gasteiger partial charge in [0.2, 0.25) is 0 Å². The Hall–Kier alpha value is -2.36. The molecular formula is C12H10N4. The summed E-state index contributed by atoms with van der Waals surface area (Å²) in [5.74, 6) is 0.778. The normalized spacial score (nSPS) is 10.5. The van der Waals surface area contributed by atoms with E-state index in [0.29, 0.717) is 0 Å². The first-order chi connectivity index (χ1) is 7.93. The van der Waals surface area contributed by atoms with Crippen LogP contribution in [-0.4, -0.2) is 20.2 Å². The molecule has 3 aromatic rings. The summed E-state index contributed by atoms with van der Waals surface area (Å²) in [6.07, 6.45) is 3.67. The molecule has 0 fully saturated rings. The molecular weight excluding hydrogens is 200 g/mol. The standard InChI is InChI=1S/C12H10N4/c1-2-4-9(5-3-1)11-8-13-12(15-11)10-6-7-14-16-10/h1-8H,(H,13,15)(H,14,16). The minimum Gasteiger partial charge on any atom is -0.343 e. The van der Waals surface area contributed by atoms with Crippen LogP contribution < -0.4 is 0 Å². The fourth-order valence-electron chi connectivity index (χ4n) is 1.60. The highest BCUT2D eigenvalue weighted by Crippen LogP contribution is 2.19. The SMILES string of the molecule is c1ccc(-c2c[nH]c(-c3cc[nH]n3)n2)cc1. The first-order valence-electron chi connectivity index (χ1n) is 5.04. The van der Waals surface area contributed by atoms with Crippen molar-refractivity contribution in [3.05, 3.63) is 48.8 Å². The summed E-state index contributed by atoms with van der Waals surface area (Å²) >= 11 is 0. The average Bonchev–Trinajstić information content (AvgIpc) is 3.01. The summed E-state index contributed by atoms with van der Waals surface area (Å²) in [5, 5.41) is 6.84. The zero-order chi connectivity index (χ0) is 10.8.